The Morgan fingerprint density at radius 2 is 2.11 bits per heavy atom. The average molecular weight is 395 g/mol. The van der Waals surface area contributed by atoms with Crippen LogP contribution in [0, 0.1) is 0 Å². The number of aromatic nitrogens is 4. The van der Waals surface area contributed by atoms with Gasteiger partial charge in [-0.2, -0.15) is 18.3 Å². The summed E-state index contributed by atoms with van der Waals surface area (Å²) in [7, 11) is 0. The molecule has 0 bridgehead atoms. The Bertz CT molecular complexity index is 961. The molecule has 0 aromatic carbocycles. The molecule has 1 aliphatic rings. The number of hydrogen-bond donors (Lipinski definition) is 2. The van der Waals surface area contributed by atoms with Crippen molar-refractivity contribution in [3.8, 4) is 17.3 Å². The lowest BCUT2D eigenvalue weighted by Gasteiger charge is -2.23. The molecule has 0 amide bonds. The van der Waals surface area contributed by atoms with E-state index in [1.54, 1.807) is 12.1 Å². The van der Waals surface area contributed by atoms with Crippen molar-refractivity contribution in [2.45, 2.75) is 37.9 Å². The molecule has 1 aliphatic heterocycles. The molecule has 6 nitrogen and oxygen atoms in total. The standard InChI is InChI=1S/C19H20F3N5O.2H2/c20-19(21,22)14-6-7-15(28-11-8-12-4-1-2-9-23-12)25-17(14)16-13-5-3-10-24-18(13)27-26-16;;/h3,5-7,10,12,23H,1-2,4,8-9,11H2,(H,24,26,27);2*1H. The van der Waals surface area contributed by atoms with Gasteiger partial charge in [0.2, 0.25) is 5.88 Å². The van der Waals surface area contributed by atoms with E-state index in [1.807, 2.05) is 0 Å². The highest BCUT2D eigenvalue weighted by atomic mass is 19.4. The summed E-state index contributed by atoms with van der Waals surface area (Å²) in [4.78, 5) is 8.21. The van der Waals surface area contributed by atoms with Gasteiger partial charge in [-0.15, -0.1) is 0 Å². The van der Waals surface area contributed by atoms with Gasteiger partial charge in [0.1, 0.15) is 5.69 Å². The molecule has 4 rings (SSSR count). The van der Waals surface area contributed by atoms with E-state index in [-0.39, 0.29) is 20.1 Å². The first-order chi connectivity index (χ1) is 13.5. The number of nitrogens with one attached hydrogen (secondary N) is 2. The Hall–Kier alpha value is -2.68. The first-order valence-electron chi connectivity index (χ1n) is 9.26. The van der Waals surface area contributed by atoms with E-state index < -0.39 is 11.7 Å². The SMILES string of the molecule is FC(F)(F)c1ccc(OCCC2CCCCN2)nc1-c1[nH]nc2ncccc12.[HH].[HH]. The highest BCUT2D eigenvalue weighted by Gasteiger charge is 2.36. The van der Waals surface area contributed by atoms with Gasteiger partial charge in [0.05, 0.1) is 17.9 Å². The van der Waals surface area contributed by atoms with E-state index in [2.05, 4.69) is 25.5 Å². The van der Waals surface area contributed by atoms with Crippen LogP contribution in [0.25, 0.3) is 22.4 Å². The van der Waals surface area contributed by atoms with Crippen molar-refractivity contribution in [3.05, 3.63) is 36.0 Å². The number of nitrogens with zero attached hydrogens (tertiary/aromatic N) is 3. The van der Waals surface area contributed by atoms with Crippen LogP contribution in [0.3, 0.4) is 0 Å². The van der Waals surface area contributed by atoms with Crippen molar-refractivity contribution in [1.29, 1.82) is 0 Å². The van der Waals surface area contributed by atoms with Crippen molar-refractivity contribution in [3.63, 3.8) is 0 Å². The first kappa shape index (κ1) is 18.7. The summed E-state index contributed by atoms with van der Waals surface area (Å²) in [6.07, 6.45) is 1.21. The van der Waals surface area contributed by atoms with Crippen molar-refractivity contribution in [2.24, 2.45) is 0 Å². The molecule has 1 saturated heterocycles. The maximum Gasteiger partial charge on any atom is 0.418 e. The topological polar surface area (TPSA) is 75.7 Å². The summed E-state index contributed by atoms with van der Waals surface area (Å²) in [5.41, 5.74) is -0.573. The molecular weight excluding hydrogens is 371 g/mol. The average Bonchev–Trinajstić information content (AvgIpc) is 3.12. The quantitative estimate of drug-likeness (QED) is 0.668. The molecule has 9 heteroatoms. The van der Waals surface area contributed by atoms with E-state index in [0.29, 0.717) is 23.7 Å². The summed E-state index contributed by atoms with van der Waals surface area (Å²) in [5.74, 6) is 0.158. The molecule has 3 aromatic heterocycles. The van der Waals surface area contributed by atoms with Gasteiger partial charge in [0.25, 0.3) is 0 Å². The van der Waals surface area contributed by atoms with Crippen LogP contribution >= 0.6 is 0 Å². The molecule has 28 heavy (non-hydrogen) atoms. The van der Waals surface area contributed by atoms with Gasteiger partial charge >= 0.3 is 6.18 Å². The monoisotopic (exact) mass is 395 g/mol. The Balaban J connectivity index is 0.00000160. The number of alkyl halides is 3. The summed E-state index contributed by atoms with van der Waals surface area (Å²) < 4.78 is 46.2. The number of hydrogen-bond acceptors (Lipinski definition) is 5. The molecule has 3 aromatic rings. The minimum absolute atomic E-state index is 0. The molecule has 0 spiro atoms. The summed E-state index contributed by atoms with van der Waals surface area (Å²) >= 11 is 0. The lowest BCUT2D eigenvalue weighted by atomic mass is 10.0. The van der Waals surface area contributed by atoms with Gasteiger partial charge in [-0.05, 0) is 44.0 Å². The molecule has 0 aliphatic carbocycles. The number of piperidine rings is 1. The van der Waals surface area contributed by atoms with Crippen LogP contribution in [0.5, 0.6) is 5.88 Å². The predicted molar refractivity (Wildman–Crippen MR) is 102 cm³/mol. The second-order valence-corrected chi connectivity index (χ2v) is 6.80. The van der Waals surface area contributed by atoms with Crippen molar-refractivity contribution >= 4 is 11.0 Å². The zero-order chi connectivity index (χ0) is 19.6. The van der Waals surface area contributed by atoms with Crippen LogP contribution in [0.4, 0.5) is 13.2 Å². The normalized spacial score (nSPS) is 17.8. The van der Waals surface area contributed by atoms with Crippen LogP contribution in [-0.4, -0.2) is 39.4 Å². The van der Waals surface area contributed by atoms with Crippen LogP contribution in [0.2, 0.25) is 0 Å². The van der Waals surface area contributed by atoms with Crippen molar-refractivity contribution < 1.29 is 20.8 Å². The fourth-order valence-electron chi connectivity index (χ4n) is 3.45. The Labute approximate surface area is 162 Å². The lowest BCUT2D eigenvalue weighted by molar-refractivity contribution is -0.137. The number of fused-ring (bicyclic) bond motifs is 1. The molecule has 4 heterocycles. The number of H-pyrrole nitrogens is 1. The summed E-state index contributed by atoms with van der Waals surface area (Å²) in [6, 6.07) is 5.94. The molecule has 0 radical (unpaired) electrons. The van der Waals surface area contributed by atoms with Crippen molar-refractivity contribution in [2.75, 3.05) is 13.2 Å². The first-order valence-corrected chi connectivity index (χ1v) is 9.26. The van der Waals surface area contributed by atoms with Gasteiger partial charge in [0, 0.05) is 26.5 Å². The number of aromatic amines is 1. The lowest BCUT2D eigenvalue weighted by Crippen LogP contribution is -2.35. The predicted octanol–water partition coefficient (Wildman–Crippen LogP) is 4.44. The number of pyridine rings is 2. The Kier molecular flexibility index (Phi) is 5.17. The zero-order valence-electron chi connectivity index (χ0n) is 15.1. The highest BCUT2D eigenvalue weighted by Crippen LogP contribution is 2.38. The maximum atomic E-state index is 13.5. The van der Waals surface area contributed by atoms with Gasteiger partial charge in [-0.3, -0.25) is 5.10 Å². The van der Waals surface area contributed by atoms with Crippen LogP contribution in [0.1, 0.15) is 34.1 Å². The largest absolute Gasteiger partial charge is 0.478 e. The van der Waals surface area contributed by atoms with Gasteiger partial charge in [-0.25, -0.2) is 9.97 Å². The van der Waals surface area contributed by atoms with Crippen LogP contribution in [0.15, 0.2) is 30.5 Å². The number of ether oxygens (including phenoxy) is 1. The van der Waals surface area contributed by atoms with E-state index in [1.165, 1.54) is 25.1 Å². The minimum Gasteiger partial charge on any atom is -0.478 e. The third-order valence-corrected chi connectivity index (χ3v) is 4.87. The molecule has 1 atom stereocenters. The van der Waals surface area contributed by atoms with Crippen LogP contribution in [-0.2, 0) is 6.18 Å². The summed E-state index contributed by atoms with van der Waals surface area (Å²) in [6.45, 7) is 1.38. The smallest absolute Gasteiger partial charge is 0.418 e. The molecule has 0 saturated carbocycles. The second kappa shape index (κ2) is 7.75. The Morgan fingerprint density at radius 3 is 2.89 bits per heavy atom. The Morgan fingerprint density at radius 1 is 1.21 bits per heavy atom. The third-order valence-electron chi connectivity index (χ3n) is 4.87. The zero-order valence-corrected chi connectivity index (χ0v) is 15.1. The number of rotatable bonds is 5. The fraction of sp³-hybridized carbons (Fsp3) is 0.421. The van der Waals surface area contributed by atoms with E-state index in [0.717, 1.165) is 25.5 Å². The van der Waals surface area contributed by atoms with Gasteiger partial charge in [0.15, 0.2) is 5.65 Å². The molecule has 2 N–H and O–H groups in total. The minimum atomic E-state index is -4.55. The molecule has 1 unspecified atom stereocenters. The van der Waals surface area contributed by atoms with E-state index >= 15 is 0 Å². The molecule has 152 valence electrons. The van der Waals surface area contributed by atoms with E-state index in [4.69, 9.17) is 4.74 Å². The van der Waals surface area contributed by atoms with Crippen molar-refractivity contribution in [1.82, 2.24) is 25.5 Å². The number of halogens is 3. The van der Waals surface area contributed by atoms with Crippen LogP contribution < -0.4 is 10.1 Å². The second-order valence-electron chi connectivity index (χ2n) is 6.80. The third kappa shape index (κ3) is 3.94. The van der Waals surface area contributed by atoms with Gasteiger partial charge < -0.3 is 10.1 Å². The van der Waals surface area contributed by atoms with E-state index in [9.17, 15) is 13.2 Å². The fourth-order valence-corrected chi connectivity index (χ4v) is 3.45. The highest BCUT2D eigenvalue weighted by molar-refractivity contribution is 5.90. The maximum absolute atomic E-state index is 13.5. The van der Waals surface area contributed by atoms with Gasteiger partial charge in [-0.1, -0.05) is 6.42 Å². The molecule has 1 fully saturated rings. The summed E-state index contributed by atoms with van der Waals surface area (Å²) in [5, 5.41) is 10.5. The molecular formula is C19H24F3N5O.